The van der Waals surface area contributed by atoms with Crippen LogP contribution in [0.2, 0.25) is 0 Å². The fraction of sp³-hybridized carbons (Fsp3) is 0.143. The standard InChI is InChI=1S/C21H18IN3O5S/c1-11-4-3-5-13(6-11)23-17(26)10-30-18-15(22)8-12(9-16(18)29-2)7-14-19(27)24-21(31)25-20(14)28/h3-9H,10H2,1-2H3,(H,23,26)(H2,24,25,27,28,31). The molecule has 2 aromatic rings. The maximum Gasteiger partial charge on any atom is 0.263 e. The van der Waals surface area contributed by atoms with Crippen LogP contribution in [-0.2, 0) is 14.4 Å². The van der Waals surface area contributed by atoms with Gasteiger partial charge in [0.15, 0.2) is 23.2 Å². The number of benzene rings is 2. The molecule has 0 spiro atoms. The van der Waals surface area contributed by atoms with E-state index >= 15 is 0 Å². The maximum absolute atomic E-state index is 12.2. The number of carbonyl (C=O) groups is 3. The first kappa shape index (κ1) is 22.7. The van der Waals surface area contributed by atoms with Crippen molar-refractivity contribution in [2.75, 3.05) is 19.0 Å². The van der Waals surface area contributed by atoms with Crippen molar-refractivity contribution in [2.24, 2.45) is 0 Å². The number of halogens is 1. The first-order valence-electron chi connectivity index (χ1n) is 9.02. The highest BCUT2D eigenvalue weighted by Crippen LogP contribution is 2.34. The molecule has 31 heavy (non-hydrogen) atoms. The zero-order chi connectivity index (χ0) is 22.5. The molecule has 10 heteroatoms. The van der Waals surface area contributed by atoms with Crippen LogP contribution < -0.4 is 25.4 Å². The SMILES string of the molecule is COc1cc(C=C2C(=O)NC(=S)NC2=O)cc(I)c1OCC(=O)Nc1cccc(C)c1. The molecule has 8 nitrogen and oxygen atoms in total. The van der Waals surface area contributed by atoms with E-state index in [1.807, 2.05) is 47.7 Å². The van der Waals surface area contributed by atoms with Crippen molar-refractivity contribution >= 4 is 69.4 Å². The number of carbonyl (C=O) groups excluding carboxylic acids is 3. The molecule has 0 saturated carbocycles. The third kappa shape index (κ3) is 5.79. The van der Waals surface area contributed by atoms with Crippen molar-refractivity contribution in [3.8, 4) is 11.5 Å². The van der Waals surface area contributed by atoms with E-state index in [-0.39, 0.29) is 23.2 Å². The molecule has 1 aliphatic rings. The summed E-state index contributed by atoms with van der Waals surface area (Å²) in [6.45, 7) is 1.72. The van der Waals surface area contributed by atoms with Crippen LogP contribution in [0.1, 0.15) is 11.1 Å². The van der Waals surface area contributed by atoms with Gasteiger partial charge >= 0.3 is 0 Å². The van der Waals surface area contributed by atoms with Gasteiger partial charge in [-0.1, -0.05) is 12.1 Å². The van der Waals surface area contributed by atoms with Crippen LogP contribution in [0.3, 0.4) is 0 Å². The highest BCUT2D eigenvalue weighted by molar-refractivity contribution is 14.1. The number of anilines is 1. The normalized spacial score (nSPS) is 13.3. The topological polar surface area (TPSA) is 106 Å². The molecule has 0 atom stereocenters. The Balaban J connectivity index is 1.76. The zero-order valence-electron chi connectivity index (χ0n) is 16.6. The minimum atomic E-state index is -0.587. The van der Waals surface area contributed by atoms with Crippen molar-refractivity contribution in [1.82, 2.24) is 10.6 Å². The van der Waals surface area contributed by atoms with Crippen molar-refractivity contribution < 1.29 is 23.9 Å². The van der Waals surface area contributed by atoms with E-state index in [0.29, 0.717) is 26.3 Å². The summed E-state index contributed by atoms with van der Waals surface area (Å²) >= 11 is 6.82. The molecule has 1 heterocycles. The van der Waals surface area contributed by atoms with Gasteiger partial charge in [0.1, 0.15) is 5.57 Å². The van der Waals surface area contributed by atoms with Gasteiger partial charge in [0.25, 0.3) is 17.7 Å². The minimum Gasteiger partial charge on any atom is -0.493 e. The third-order valence-electron chi connectivity index (χ3n) is 4.16. The highest BCUT2D eigenvalue weighted by atomic mass is 127. The predicted octanol–water partition coefficient (Wildman–Crippen LogP) is 2.54. The molecular formula is C21H18IN3O5S. The summed E-state index contributed by atoms with van der Waals surface area (Å²) in [6.07, 6.45) is 1.42. The second-order valence-corrected chi connectivity index (χ2v) is 8.11. The van der Waals surface area contributed by atoms with Crippen LogP contribution in [0.5, 0.6) is 11.5 Å². The molecule has 0 unspecified atom stereocenters. The van der Waals surface area contributed by atoms with E-state index in [0.717, 1.165) is 5.56 Å². The molecule has 0 aromatic heterocycles. The lowest BCUT2D eigenvalue weighted by molar-refractivity contribution is -0.123. The number of hydrogen-bond acceptors (Lipinski definition) is 6. The Morgan fingerprint density at radius 3 is 2.55 bits per heavy atom. The molecule has 1 fully saturated rings. The molecule has 1 aliphatic heterocycles. The lowest BCUT2D eigenvalue weighted by Gasteiger charge is -2.17. The van der Waals surface area contributed by atoms with E-state index in [2.05, 4.69) is 16.0 Å². The van der Waals surface area contributed by atoms with Crippen LogP contribution in [0, 0.1) is 10.5 Å². The minimum absolute atomic E-state index is 0.0352. The Morgan fingerprint density at radius 1 is 1.19 bits per heavy atom. The quantitative estimate of drug-likeness (QED) is 0.221. The molecule has 0 aliphatic carbocycles. The summed E-state index contributed by atoms with van der Waals surface area (Å²) < 4.78 is 11.7. The van der Waals surface area contributed by atoms with E-state index in [1.165, 1.54) is 13.2 Å². The Kier molecular flexibility index (Phi) is 7.23. The van der Waals surface area contributed by atoms with Crippen molar-refractivity contribution in [1.29, 1.82) is 0 Å². The van der Waals surface area contributed by atoms with Gasteiger partial charge in [-0.25, -0.2) is 0 Å². The van der Waals surface area contributed by atoms with Gasteiger partial charge in [-0.15, -0.1) is 0 Å². The summed E-state index contributed by atoms with van der Waals surface area (Å²) in [5.41, 5.74) is 2.17. The smallest absolute Gasteiger partial charge is 0.263 e. The predicted molar refractivity (Wildman–Crippen MR) is 128 cm³/mol. The average molecular weight is 551 g/mol. The number of hydrogen-bond donors (Lipinski definition) is 3. The molecule has 1 saturated heterocycles. The lowest BCUT2D eigenvalue weighted by Crippen LogP contribution is -2.51. The van der Waals surface area contributed by atoms with E-state index in [4.69, 9.17) is 21.7 Å². The molecule has 0 bridgehead atoms. The Labute approximate surface area is 197 Å². The molecule has 3 amide bonds. The average Bonchev–Trinajstić information content (AvgIpc) is 2.69. The van der Waals surface area contributed by atoms with Crippen LogP contribution in [0.15, 0.2) is 42.0 Å². The van der Waals surface area contributed by atoms with Crippen molar-refractivity contribution in [2.45, 2.75) is 6.92 Å². The van der Waals surface area contributed by atoms with Crippen LogP contribution in [-0.4, -0.2) is 36.6 Å². The Morgan fingerprint density at radius 2 is 1.90 bits per heavy atom. The van der Waals surface area contributed by atoms with Crippen LogP contribution in [0.25, 0.3) is 6.08 Å². The summed E-state index contributed by atoms with van der Waals surface area (Å²) in [4.78, 5) is 36.3. The van der Waals surface area contributed by atoms with Gasteiger partial charge < -0.3 is 14.8 Å². The van der Waals surface area contributed by atoms with Gasteiger partial charge in [0.2, 0.25) is 0 Å². The van der Waals surface area contributed by atoms with Crippen molar-refractivity contribution in [3.05, 3.63) is 56.7 Å². The fourth-order valence-corrected chi connectivity index (χ4v) is 3.76. The maximum atomic E-state index is 12.2. The summed E-state index contributed by atoms with van der Waals surface area (Å²) in [5.74, 6) is -0.759. The second-order valence-electron chi connectivity index (χ2n) is 6.54. The first-order valence-corrected chi connectivity index (χ1v) is 10.5. The summed E-state index contributed by atoms with van der Waals surface area (Å²) in [6, 6.07) is 10.8. The highest BCUT2D eigenvalue weighted by Gasteiger charge is 2.26. The van der Waals surface area contributed by atoms with Gasteiger partial charge in [-0.05, 0) is 83.2 Å². The number of methoxy groups -OCH3 is 1. The summed E-state index contributed by atoms with van der Waals surface area (Å²) in [5, 5.41) is 7.50. The van der Waals surface area contributed by atoms with Gasteiger partial charge in [-0.3, -0.25) is 25.0 Å². The molecule has 0 radical (unpaired) electrons. The summed E-state index contributed by atoms with van der Waals surface area (Å²) in [7, 11) is 1.46. The lowest BCUT2D eigenvalue weighted by atomic mass is 10.1. The van der Waals surface area contributed by atoms with Crippen LogP contribution >= 0.6 is 34.8 Å². The third-order valence-corrected chi connectivity index (χ3v) is 5.16. The number of rotatable bonds is 6. The molecule has 3 rings (SSSR count). The number of aryl methyl sites for hydroxylation is 1. The fourth-order valence-electron chi connectivity index (χ4n) is 2.79. The largest absolute Gasteiger partial charge is 0.493 e. The number of nitrogens with one attached hydrogen (secondary N) is 3. The number of amides is 3. The van der Waals surface area contributed by atoms with E-state index in [9.17, 15) is 14.4 Å². The zero-order valence-corrected chi connectivity index (χ0v) is 19.6. The van der Waals surface area contributed by atoms with Gasteiger partial charge in [0.05, 0.1) is 10.7 Å². The monoisotopic (exact) mass is 551 g/mol. The molecule has 2 aromatic carbocycles. The molecule has 3 N–H and O–H groups in total. The van der Waals surface area contributed by atoms with Crippen molar-refractivity contribution in [3.63, 3.8) is 0 Å². The number of thiocarbonyl (C=S) groups is 1. The van der Waals surface area contributed by atoms with E-state index in [1.54, 1.807) is 18.2 Å². The Hall–Kier alpha value is -2.99. The Bertz CT molecular complexity index is 1090. The second kappa shape index (κ2) is 9.88. The first-order chi connectivity index (χ1) is 14.8. The van der Waals surface area contributed by atoms with Crippen LogP contribution in [0.4, 0.5) is 5.69 Å². The van der Waals surface area contributed by atoms with Gasteiger partial charge in [-0.2, -0.15) is 0 Å². The molecule has 160 valence electrons. The van der Waals surface area contributed by atoms with E-state index < -0.39 is 11.8 Å². The van der Waals surface area contributed by atoms with Gasteiger partial charge in [0, 0.05) is 5.69 Å². The number of ether oxygens (including phenoxy) is 2. The molecular weight excluding hydrogens is 533 g/mol.